The third-order valence-corrected chi connectivity index (χ3v) is 6.49. The fourth-order valence-electron chi connectivity index (χ4n) is 4.66. The molecule has 32 heavy (non-hydrogen) atoms. The molecule has 0 saturated carbocycles. The molecule has 0 N–H and O–H groups in total. The first-order valence-corrected chi connectivity index (χ1v) is 11.4. The van der Waals surface area contributed by atoms with Gasteiger partial charge in [-0.25, -0.2) is 14.6 Å². The standard InChI is InChI=1S/C24H31N7.ClH/c1-20-21(18-27-31(20)22-8-4-2-5-9-22)19-28-14-16-30(17-15-28)24-23(25-10-11-26-24)29-12-6-3-7-13-29;/h2,4-5,8-11,18H,3,6-7,12-17,19H2,1H3;1H. The maximum absolute atomic E-state index is 4.73. The van der Waals surface area contributed by atoms with Crippen molar-refractivity contribution in [3.05, 3.63) is 60.2 Å². The van der Waals surface area contributed by atoms with Gasteiger partial charge in [-0.2, -0.15) is 5.10 Å². The molecule has 2 aromatic heterocycles. The van der Waals surface area contributed by atoms with Crippen LogP contribution in [0.1, 0.15) is 30.5 Å². The zero-order valence-electron chi connectivity index (χ0n) is 18.7. The third kappa shape index (κ3) is 4.74. The van der Waals surface area contributed by atoms with Gasteiger partial charge in [0.25, 0.3) is 0 Å². The summed E-state index contributed by atoms with van der Waals surface area (Å²) in [5.41, 5.74) is 3.63. The molecular formula is C24H32ClN7. The molecule has 2 fully saturated rings. The van der Waals surface area contributed by atoms with E-state index >= 15 is 0 Å². The first-order chi connectivity index (χ1) is 15.3. The lowest BCUT2D eigenvalue weighted by Gasteiger charge is -2.37. The van der Waals surface area contributed by atoms with Gasteiger partial charge < -0.3 is 9.80 Å². The molecule has 1 aromatic carbocycles. The fraction of sp³-hybridized carbons (Fsp3) is 0.458. The van der Waals surface area contributed by atoms with E-state index in [-0.39, 0.29) is 12.4 Å². The van der Waals surface area contributed by atoms with Crippen LogP contribution in [0.15, 0.2) is 48.9 Å². The molecule has 5 rings (SSSR count). The van der Waals surface area contributed by atoms with E-state index in [0.29, 0.717) is 0 Å². The van der Waals surface area contributed by atoms with Gasteiger partial charge in [-0.1, -0.05) is 18.2 Å². The Morgan fingerprint density at radius 1 is 0.781 bits per heavy atom. The smallest absolute Gasteiger partial charge is 0.172 e. The first-order valence-electron chi connectivity index (χ1n) is 11.4. The lowest BCUT2D eigenvalue weighted by molar-refractivity contribution is 0.249. The summed E-state index contributed by atoms with van der Waals surface area (Å²) in [5.74, 6) is 2.12. The third-order valence-electron chi connectivity index (χ3n) is 6.49. The van der Waals surface area contributed by atoms with Crippen LogP contribution < -0.4 is 9.80 Å². The molecular weight excluding hydrogens is 422 g/mol. The van der Waals surface area contributed by atoms with Crippen LogP contribution in [0, 0.1) is 6.92 Å². The molecule has 0 aliphatic carbocycles. The lowest BCUT2D eigenvalue weighted by Crippen LogP contribution is -2.47. The second-order valence-corrected chi connectivity index (χ2v) is 8.52. The molecule has 0 amide bonds. The van der Waals surface area contributed by atoms with Gasteiger partial charge in [0.2, 0.25) is 0 Å². The normalized spacial score (nSPS) is 17.3. The van der Waals surface area contributed by atoms with Crippen molar-refractivity contribution < 1.29 is 0 Å². The maximum atomic E-state index is 4.73. The number of piperazine rings is 1. The van der Waals surface area contributed by atoms with Crippen molar-refractivity contribution in [1.82, 2.24) is 24.6 Å². The van der Waals surface area contributed by atoms with Crippen LogP contribution >= 0.6 is 12.4 Å². The van der Waals surface area contributed by atoms with Gasteiger partial charge >= 0.3 is 0 Å². The van der Waals surface area contributed by atoms with E-state index in [4.69, 9.17) is 9.97 Å². The summed E-state index contributed by atoms with van der Waals surface area (Å²) < 4.78 is 2.04. The van der Waals surface area contributed by atoms with Crippen LogP contribution in [-0.4, -0.2) is 63.9 Å². The van der Waals surface area contributed by atoms with Crippen LogP contribution in [0.3, 0.4) is 0 Å². The molecule has 170 valence electrons. The molecule has 2 aliphatic heterocycles. The topological polar surface area (TPSA) is 53.3 Å². The first kappa shape index (κ1) is 22.6. The minimum atomic E-state index is 0. The molecule has 0 atom stereocenters. The highest BCUT2D eigenvalue weighted by molar-refractivity contribution is 5.85. The number of piperidine rings is 1. The summed E-state index contributed by atoms with van der Waals surface area (Å²) in [6, 6.07) is 10.4. The second kappa shape index (κ2) is 10.3. The molecule has 7 nitrogen and oxygen atoms in total. The highest BCUT2D eigenvalue weighted by Crippen LogP contribution is 2.28. The number of nitrogens with zero attached hydrogens (tertiary/aromatic N) is 7. The second-order valence-electron chi connectivity index (χ2n) is 8.52. The van der Waals surface area contributed by atoms with E-state index in [9.17, 15) is 0 Å². The Labute approximate surface area is 196 Å². The number of anilines is 2. The Morgan fingerprint density at radius 2 is 1.41 bits per heavy atom. The Hall–Kier alpha value is -2.64. The van der Waals surface area contributed by atoms with Gasteiger partial charge in [-0.3, -0.25) is 4.90 Å². The Bertz CT molecular complexity index is 993. The van der Waals surface area contributed by atoms with Crippen LogP contribution in [0.5, 0.6) is 0 Å². The van der Waals surface area contributed by atoms with Crippen molar-refractivity contribution in [1.29, 1.82) is 0 Å². The zero-order chi connectivity index (χ0) is 21.0. The Morgan fingerprint density at radius 3 is 2.06 bits per heavy atom. The van der Waals surface area contributed by atoms with Gasteiger partial charge in [0, 0.05) is 69.5 Å². The van der Waals surface area contributed by atoms with E-state index in [1.165, 1.54) is 30.5 Å². The Kier molecular flexibility index (Phi) is 7.27. The van der Waals surface area contributed by atoms with Crippen LogP contribution in [-0.2, 0) is 6.54 Å². The van der Waals surface area contributed by atoms with E-state index in [2.05, 4.69) is 51.0 Å². The monoisotopic (exact) mass is 453 g/mol. The van der Waals surface area contributed by atoms with Crippen LogP contribution in [0.2, 0.25) is 0 Å². The highest BCUT2D eigenvalue weighted by Gasteiger charge is 2.24. The van der Waals surface area contributed by atoms with Crippen molar-refractivity contribution in [2.24, 2.45) is 0 Å². The zero-order valence-corrected chi connectivity index (χ0v) is 19.5. The van der Waals surface area contributed by atoms with E-state index in [1.54, 1.807) is 0 Å². The van der Waals surface area contributed by atoms with Crippen molar-refractivity contribution in [3.8, 4) is 5.69 Å². The van der Waals surface area contributed by atoms with Gasteiger partial charge in [0.1, 0.15) is 0 Å². The predicted octanol–water partition coefficient (Wildman–Crippen LogP) is 3.71. The summed E-state index contributed by atoms with van der Waals surface area (Å²) in [6.45, 7) is 9.28. The van der Waals surface area contributed by atoms with Gasteiger partial charge in [-0.15, -0.1) is 12.4 Å². The highest BCUT2D eigenvalue weighted by atomic mass is 35.5. The summed E-state index contributed by atoms with van der Waals surface area (Å²) >= 11 is 0. The van der Waals surface area contributed by atoms with Gasteiger partial charge in [0.05, 0.1) is 11.9 Å². The number of hydrogen-bond acceptors (Lipinski definition) is 6. The summed E-state index contributed by atoms with van der Waals surface area (Å²) in [5, 5.41) is 4.63. The summed E-state index contributed by atoms with van der Waals surface area (Å²) in [6.07, 6.45) is 9.50. The molecule has 3 aromatic rings. The van der Waals surface area contributed by atoms with Gasteiger partial charge in [0.15, 0.2) is 11.6 Å². The van der Waals surface area contributed by atoms with Crippen LogP contribution in [0.25, 0.3) is 5.69 Å². The number of aromatic nitrogens is 4. The predicted molar refractivity (Wildman–Crippen MR) is 131 cm³/mol. The molecule has 0 bridgehead atoms. The summed E-state index contributed by atoms with van der Waals surface area (Å²) in [7, 11) is 0. The van der Waals surface area contributed by atoms with Crippen molar-refractivity contribution in [2.45, 2.75) is 32.7 Å². The summed E-state index contributed by atoms with van der Waals surface area (Å²) in [4.78, 5) is 16.8. The molecule has 0 unspecified atom stereocenters. The quantitative estimate of drug-likeness (QED) is 0.587. The van der Waals surface area contributed by atoms with Crippen molar-refractivity contribution >= 4 is 24.0 Å². The minimum Gasteiger partial charge on any atom is -0.354 e. The fourth-order valence-corrected chi connectivity index (χ4v) is 4.66. The Balaban J connectivity index is 0.00000245. The van der Waals surface area contributed by atoms with E-state index in [1.807, 2.05) is 29.3 Å². The van der Waals surface area contributed by atoms with Gasteiger partial charge in [-0.05, 0) is 38.3 Å². The number of halogens is 1. The van der Waals surface area contributed by atoms with E-state index in [0.717, 1.165) is 63.1 Å². The minimum absolute atomic E-state index is 0. The maximum Gasteiger partial charge on any atom is 0.172 e. The molecule has 4 heterocycles. The van der Waals surface area contributed by atoms with Crippen molar-refractivity contribution in [3.63, 3.8) is 0 Å². The number of para-hydroxylation sites is 1. The molecule has 2 aliphatic rings. The average molecular weight is 454 g/mol. The SMILES string of the molecule is Cc1c(CN2CCN(c3nccnc3N3CCCCC3)CC2)cnn1-c1ccccc1.Cl. The molecule has 0 radical (unpaired) electrons. The number of hydrogen-bond donors (Lipinski definition) is 0. The van der Waals surface area contributed by atoms with Crippen molar-refractivity contribution in [2.75, 3.05) is 49.1 Å². The molecule has 0 spiro atoms. The molecule has 8 heteroatoms. The van der Waals surface area contributed by atoms with Crippen LogP contribution in [0.4, 0.5) is 11.6 Å². The average Bonchev–Trinajstić information content (AvgIpc) is 3.20. The largest absolute Gasteiger partial charge is 0.354 e. The molecule has 2 saturated heterocycles. The van der Waals surface area contributed by atoms with E-state index < -0.39 is 0 Å². The number of benzene rings is 1. The lowest BCUT2D eigenvalue weighted by atomic mass is 10.1. The number of rotatable bonds is 5.